The molecular formula is C9H18N2O. The van der Waals surface area contributed by atoms with Crippen molar-refractivity contribution in [3.63, 3.8) is 0 Å². The predicted octanol–water partition coefficient (Wildman–Crippen LogP) is 0.642. The van der Waals surface area contributed by atoms with E-state index in [4.69, 9.17) is 5.73 Å². The molecule has 0 radical (unpaired) electrons. The van der Waals surface area contributed by atoms with Crippen LogP contribution in [0, 0.1) is 5.92 Å². The Kier molecular flexibility index (Phi) is 4.08. The van der Waals surface area contributed by atoms with Crippen molar-refractivity contribution >= 4 is 5.91 Å². The minimum absolute atomic E-state index is 0.263. The molecule has 0 aromatic heterocycles. The number of amides is 1. The maximum Gasteiger partial charge on any atom is 0.231 e. The third-order valence-electron chi connectivity index (χ3n) is 2.50. The van der Waals surface area contributed by atoms with E-state index in [0.29, 0.717) is 6.54 Å². The lowest BCUT2D eigenvalue weighted by atomic mass is 10.0. The molecule has 0 bridgehead atoms. The molecule has 1 saturated carbocycles. The summed E-state index contributed by atoms with van der Waals surface area (Å²) in [5, 5.41) is 3.04. The van der Waals surface area contributed by atoms with Crippen LogP contribution < -0.4 is 11.1 Å². The lowest BCUT2D eigenvalue weighted by Crippen LogP contribution is -2.29. The summed E-state index contributed by atoms with van der Waals surface area (Å²) in [6.45, 7) is 1.26. The first-order valence-corrected chi connectivity index (χ1v) is 4.78. The van der Waals surface area contributed by atoms with Gasteiger partial charge in [-0.05, 0) is 18.9 Å². The second kappa shape index (κ2) is 5.14. The fourth-order valence-electron chi connectivity index (χ4n) is 1.82. The highest BCUT2D eigenvalue weighted by atomic mass is 16.1. The van der Waals surface area contributed by atoms with Crippen LogP contribution in [0.25, 0.3) is 0 Å². The fourth-order valence-corrected chi connectivity index (χ4v) is 1.82. The van der Waals surface area contributed by atoms with Crippen molar-refractivity contribution in [2.45, 2.75) is 32.1 Å². The number of nitrogens with two attached hydrogens (primary N) is 1. The highest BCUT2D eigenvalue weighted by Crippen LogP contribution is 2.26. The van der Waals surface area contributed by atoms with E-state index >= 15 is 0 Å². The van der Waals surface area contributed by atoms with Gasteiger partial charge < -0.3 is 11.1 Å². The van der Waals surface area contributed by atoms with E-state index in [0.717, 1.165) is 12.5 Å². The van der Waals surface area contributed by atoms with Gasteiger partial charge >= 0.3 is 0 Å². The summed E-state index contributed by atoms with van der Waals surface area (Å²) < 4.78 is 0. The molecular weight excluding hydrogens is 152 g/mol. The lowest BCUT2D eigenvalue weighted by Gasteiger charge is -2.08. The molecule has 0 heterocycles. The molecule has 1 amide bonds. The van der Waals surface area contributed by atoms with Gasteiger partial charge in [0.1, 0.15) is 0 Å². The average Bonchev–Trinajstić information content (AvgIpc) is 2.49. The minimum atomic E-state index is -0.263. The normalized spacial score (nSPS) is 18.3. The van der Waals surface area contributed by atoms with Crippen molar-refractivity contribution in [3.05, 3.63) is 0 Å². The zero-order chi connectivity index (χ0) is 8.81. The summed E-state index contributed by atoms with van der Waals surface area (Å²) in [6, 6.07) is 0. The molecule has 3 nitrogen and oxygen atoms in total. The van der Waals surface area contributed by atoms with E-state index in [1.807, 2.05) is 0 Å². The summed E-state index contributed by atoms with van der Waals surface area (Å²) in [7, 11) is 0. The Balaban J connectivity index is 1.91. The predicted molar refractivity (Wildman–Crippen MR) is 48.6 cm³/mol. The number of hydrogen-bond acceptors (Lipinski definition) is 2. The molecule has 1 aliphatic rings. The van der Waals surface area contributed by atoms with Gasteiger partial charge in [-0.2, -0.15) is 0 Å². The molecule has 3 heteroatoms. The topological polar surface area (TPSA) is 55.1 Å². The first kappa shape index (κ1) is 9.52. The molecule has 0 aromatic carbocycles. The van der Waals surface area contributed by atoms with Crippen molar-refractivity contribution in [1.82, 2.24) is 5.32 Å². The smallest absolute Gasteiger partial charge is 0.231 e. The molecule has 3 N–H and O–H groups in total. The van der Waals surface area contributed by atoms with E-state index in [1.165, 1.54) is 32.1 Å². The van der Waals surface area contributed by atoms with Crippen LogP contribution in [0.1, 0.15) is 32.1 Å². The van der Waals surface area contributed by atoms with Gasteiger partial charge in [0.05, 0.1) is 6.54 Å². The molecule has 0 aromatic rings. The highest BCUT2D eigenvalue weighted by Gasteiger charge is 2.13. The van der Waals surface area contributed by atoms with E-state index in [2.05, 4.69) is 5.32 Å². The maximum absolute atomic E-state index is 10.4. The number of carbonyl (C=O) groups is 1. The zero-order valence-electron chi connectivity index (χ0n) is 7.51. The molecule has 0 spiro atoms. The third kappa shape index (κ3) is 3.72. The Morgan fingerprint density at radius 1 is 1.42 bits per heavy atom. The number of primary amides is 1. The second-order valence-corrected chi connectivity index (χ2v) is 3.58. The molecule has 1 rings (SSSR count). The van der Waals surface area contributed by atoms with Gasteiger partial charge in [0.15, 0.2) is 0 Å². The molecule has 1 aliphatic carbocycles. The number of nitrogens with one attached hydrogen (secondary N) is 1. The largest absolute Gasteiger partial charge is 0.369 e. The van der Waals surface area contributed by atoms with Crippen molar-refractivity contribution in [3.8, 4) is 0 Å². The van der Waals surface area contributed by atoms with Crippen LogP contribution in [0.5, 0.6) is 0 Å². The van der Waals surface area contributed by atoms with Gasteiger partial charge in [-0.25, -0.2) is 0 Å². The van der Waals surface area contributed by atoms with Gasteiger partial charge in [0.25, 0.3) is 0 Å². The molecule has 70 valence electrons. The molecule has 0 saturated heterocycles. The minimum Gasteiger partial charge on any atom is -0.369 e. The highest BCUT2D eigenvalue weighted by molar-refractivity contribution is 5.75. The quantitative estimate of drug-likeness (QED) is 0.595. The Bertz CT molecular complexity index is 141. The van der Waals surface area contributed by atoms with Gasteiger partial charge in [-0.15, -0.1) is 0 Å². The molecule has 0 unspecified atom stereocenters. The van der Waals surface area contributed by atoms with Crippen LogP contribution in [0.2, 0.25) is 0 Å². The van der Waals surface area contributed by atoms with Crippen molar-refractivity contribution < 1.29 is 4.79 Å². The third-order valence-corrected chi connectivity index (χ3v) is 2.50. The number of rotatable bonds is 5. The first-order valence-electron chi connectivity index (χ1n) is 4.78. The Labute approximate surface area is 73.7 Å². The van der Waals surface area contributed by atoms with E-state index in [-0.39, 0.29) is 5.91 Å². The molecule has 1 fully saturated rings. The Hall–Kier alpha value is -0.570. The fraction of sp³-hybridized carbons (Fsp3) is 0.889. The lowest BCUT2D eigenvalue weighted by molar-refractivity contribution is -0.117. The summed E-state index contributed by atoms with van der Waals surface area (Å²) in [5.41, 5.74) is 4.99. The number of hydrogen-bond donors (Lipinski definition) is 2. The second-order valence-electron chi connectivity index (χ2n) is 3.58. The van der Waals surface area contributed by atoms with Crippen molar-refractivity contribution in [1.29, 1.82) is 0 Å². The average molecular weight is 170 g/mol. The van der Waals surface area contributed by atoms with Crippen molar-refractivity contribution in [2.24, 2.45) is 11.7 Å². The van der Waals surface area contributed by atoms with E-state index in [1.54, 1.807) is 0 Å². The maximum atomic E-state index is 10.4. The van der Waals surface area contributed by atoms with Crippen LogP contribution in [0.3, 0.4) is 0 Å². The van der Waals surface area contributed by atoms with E-state index in [9.17, 15) is 4.79 Å². The number of carbonyl (C=O) groups excluding carboxylic acids is 1. The van der Waals surface area contributed by atoms with Crippen LogP contribution >= 0.6 is 0 Å². The van der Waals surface area contributed by atoms with Crippen LogP contribution in [0.15, 0.2) is 0 Å². The summed E-state index contributed by atoms with van der Waals surface area (Å²) in [5.74, 6) is 0.631. The standard InChI is InChI=1S/C9H18N2O/c10-9(12)7-11-6-5-8-3-1-2-4-8/h8,11H,1-7H2,(H2,10,12). The monoisotopic (exact) mass is 170 g/mol. The van der Waals surface area contributed by atoms with Gasteiger partial charge in [-0.1, -0.05) is 25.7 Å². The van der Waals surface area contributed by atoms with Crippen LogP contribution in [-0.2, 0) is 4.79 Å². The van der Waals surface area contributed by atoms with Gasteiger partial charge in [0.2, 0.25) is 5.91 Å². The SMILES string of the molecule is NC(=O)CNCCC1CCCC1. The van der Waals surface area contributed by atoms with Gasteiger partial charge in [0, 0.05) is 0 Å². The Morgan fingerprint density at radius 2 is 2.08 bits per heavy atom. The molecule has 0 aliphatic heterocycles. The van der Waals surface area contributed by atoms with Crippen LogP contribution in [-0.4, -0.2) is 19.0 Å². The summed E-state index contributed by atoms with van der Waals surface area (Å²) in [6.07, 6.45) is 6.73. The van der Waals surface area contributed by atoms with E-state index < -0.39 is 0 Å². The van der Waals surface area contributed by atoms with Gasteiger partial charge in [-0.3, -0.25) is 4.79 Å². The first-order chi connectivity index (χ1) is 5.79. The Morgan fingerprint density at radius 3 is 2.67 bits per heavy atom. The zero-order valence-corrected chi connectivity index (χ0v) is 7.51. The molecule has 0 atom stereocenters. The summed E-state index contributed by atoms with van der Waals surface area (Å²) >= 11 is 0. The van der Waals surface area contributed by atoms with Crippen molar-refractivity contribution in [2.75, 3.05) is 13.1 Å². The molecule has 12 heavy (non-hydrogen) atoms. The summed E-state index contributed by atoms with van der Waals surface area (Å²) in [4.78, 5) is 10.4. The van der Waals surface area contributed by atoms with Crippen LogP contribution in [0.4, 0.5) is 0 Å².